The van der Waals surface area contributed by atoms with E-state index in [9.17, 15) is 0 Å². The Labute approximate surface area is 89.2 Å². The largest absolute Gasteiger partial charge is 0.301 e. The van der Waals surface area contributed by atoms with Gasteiger partial charge in [0.1, 0.15) is 0 Å². The maximum Gasteiger partial charge on any atom is 0.00387 e. The fourth-order valence-electron chi connectivity index (χ4n) is 2.10. The SMILES string of the molecule is C=C(CC1CCN(C(C)C)C1)C(C)C. The lowest BCUT2D eigenvalue weighted by molar-refractivity contribution is 0.264. The summed E-state index contributed by atoms with van der Waals surface area (Å²) in [7, 11) is 0. The second-order valence-corrected chi connectivity index (χ2v) is 5.26. The summed E-state index contributed by atoms with van der Waals surface area (Å²) in [5.74, 6) is 1.52. The summed E-state index contributed by atoms with van der Waals surface area (Å²) in [6.45, 7) is 15.8. The van der Waals surface area contributed by atoms with Gasteiger partial charge in [0.05, 0.1) is 0 Å². The Bertz CT molecular complexity index is 193. The van der Waals surface area contributed by atoms with E-state index >= 15 is 0 Å². The molecule has 0 aromatic heterocycles. The molecule has 1 aliphatic heterocycles. The van der Waals surface area contributed by atoms with Gasteiger partial charge in [0.2, 0.25) is 0 Å². The number of hydrogen-bond donors (Lipinski definition) is 0. The van der Waals surface area contributed by atoms with Crippen molar-refractivity contribution in [1.82, 2.24) is 4.90 Å². The lowest BCUT2D eigenvalue weighted by atomic mass is 9.93. The van der Waals surface area contributed by atoms with Gasteiger partial charge in [-0.1, -0.05) is 26.0 Å². The van der Waals surface area contributed by atoms with Crippen LogP contribution in [-0.2, 0) is 0 Å². The number of likely N-dealkylation sites (tertiary alicyclic amines) is 1. The van der Waals surface area contributed by atoms with E-state index in [1.54, 1.807) is 0 Å². The van der Waals surface area contributed by atoms with Crippen LogP contribution in [0.25, 0.3) is 0 Å². The van der Waals surface area contributed by atoms with Crippen LogP contribution in [0.3, 0.4) is 0 Å². The predicted molar refractivity (Wildman–Crippen MR) is 63.4 cm³/mol. The maximum absolute atomic E-state index is 4.17. The van der Waals surface area contributed by atoms with E-state index in [0.29, 0.717) is 12.0 Å². The standard InChI is InChI=1S/C13H25N/c1-10(2)12(5)8-13-6-7-14(9-13)11(3)4/h10-11,13H,5-9H2,1-4H3. The second kappa shape index (κ2) is 4.97. The quantitative estimate of drug-likeness (QED) is 0.622. The van der Waals surface area contributed by atoms with Gasteiger partial charge in [-0.05, 0) is 45.1 Å². The van der Waals surface area contributed by atoms with Crippen molar-refractivity contribution < 1.29 is 0 Å². The van der Waals surface area contributed by atoms with Gasteiger partial charge in [0.25, 0.3) is 0 Å². The Balaban J connectivity index is 2.32. The highest BCUT2D eigenvalue weighted by Gasteiger charge is 2.24. The van der Waals surface area contributed by atoms with Crippen LogP contribution in [-0.4, -0.2) is 24.0 Å². The third-order valence-corrected chi connectivity index (χ3v) is 3.41. The first-order valence-corrected chi connectivity index (χ1v) is 5.92. The zero-order valence-corrected chi connectivity index (χ0v) is 10.2. The molecule has 0 bridgehead atoms. The molecule has 0 spiro atoms. The first-order valence-electron chi connectivity index (χ1n) is 5.92. The second-order valence-electron chi connectivity index (χ2n) is 5.26. The first-order chi connectivity index (χ1) is 6.50. The summed E-state index contributed by atoms with van der Waals surface area (Å²) in [5.41, 5.74) is 1.43. The average Bonchev–Trinajstić information content (AvgIpc) is 2.52. The van der Waals surface area contributed by atoms with Gasteiger partial charge >= 0.3 is 0 Å². The average molecular weight is 195 g/mol. The molecule has 1 heterocycles. The molecule has 0 radical (unpaired) electrons. The van der Waals surface area contributed by atoms with E-state index in [1.165, 1.54) is 31.5 Å². The highest BCUT2D eigenvalue weighted by molar-refractivity contribution is 5.00. The van der Waals surface area contributed by atoms with Crippen LogP contribution in [0.1, 0.15) is 40.5 Å². The normalized spacial score (nSPS) is 23.7. The van der Waals surface area contributed by atoms with Crippen LogP contribution in [0.4, 0.5) is 0 Å². The molecule has 1 rings (SSSR count). The van der Waals surface area contributed by atoms with Crippen LogP contribution in [0.15, 0.2) is 12.2 Å². The van der Waals surface area contributed by atoms with Gasteiger partial charge in [-0.3, -0.25) is 0 Å². The number of hydrogen-bond acceptors (Lipinski definition) is 1. The summed E-state index contributed by atoms with van der Waals surface area (Å²) in [5, 5.41) is 0. The van der Waals surface area contributed by atoms with Gasteiger partial charge in [-0.2, -0.15) is 0 Å². The van der Waals surface area contributed by atoms with E-state index in [-0.39, 0.29) is 0 Å². The zero-order chi connectivity index (χ0) is 10.7. The summed E-state index contributed by atoms with van der Waals surface area (Å²) in [4.78, 5) is 2.58. The van der Waals surface area contributed by atoms with Crippen molar-refractivity contribution in [3.8, 4) is 0 Å². The topological polar surface area (TPSA) is 3.24 Å². The van der Waals surface area contributed by atoms with Crippen LogP contribution in [0, 0.1) is 11.8 Å². The summed E-state index contributed by atoms with van der Waals surface area (Å²) >= 11 is 0. The smallest absolute Gasteiger partial charge is 0.00387 e. The molecule has 1 unspecified atom stereocenters. The molecule has 0 aromatic carbocycles. The van der Waals surface area contributed by atoms with Crippen LogP contribution in [0.2, 0.25) is 0 Å². The van der Waals surface area contributed by atoms with Crippen LogP contribution in [0.5, 0.6) is 0 Å². The summed E-state index contributed by atoms with van der Waals surface area (Å²) in [6, 6.07) is 0.715. The number of rotatable bonds is 4. The third kappa shape index (κ3) is 3.13. The van der Waals surface area contributed by atoms with Gasteiger partial charge in [0, 0.05) is 12.6 Å². The van der Waals surface area contributed by atoms with E-state index in [1.807, 2.05) is 0 Å². The molecule has 0 aliphatic carbocycles. The first kappa shape index (κ1) is 11.8. The Kier molecular flexibility index (Phi) is 4.18. The van der Waals surface area contributed by atoms with Crippen LogP contribution >= 0.6 is 0 Å². The van der Waals surface area contributed by atoms with E-state index in [2.05, 4.69) is 39.2 Å². The third-order valence-electron chi connectivity index (χ3n) is 3.41. The summed E-state index contributed by atoms with van der Waals surface area (Å²) < 4.78 is 0. The lowest BCUT2D eigenvalue weighted by Gasteiger charge is -2.21. The highest BCUT2D eigenvalue weighted by atomic mass is 15.2. The fraction of sp³-hybridized carbons (Fsp3) is 0.846. The van der Waals surface area contributed by atoms with Gasteiger partial charge in [-0.25, -0.2) is 0 Å². The molecule has 0 saturated carbocycles. The minimum absolute atomic E-state index is 0.656. The molecule has 1 aliphatic rings. The number of nitrogens with zero attached hydrogens (tertiary/aromatic N) is 1. The molecule has 1 fully saturated rings. The Hall–Kier alpha value is -0.300. The van der Waals surface area contributed by atoms with Crippen molar-refractivity contribution in [2.24, 2.45) is 11.8 Å². The molecule has 82 valence electrons. The minimum atomic E-state index is 0.656. The molecule has 0 amide bonds. The molecular formula is C13H25N. The zero-order valence-electron chi connectivity index (χ0n) is 10.2. The summed E-state index contributed by atoms with van der Waals surface area (Å²) in [6.07, 6.45) is 2.60. The Morgan fingerprint density at radius 3 is 2.43 bits per heavy atom. The number of allylic oxidation sites excluding steroid dienone is 1. The fourth-order valence-corrected chi connectivity index (χ4v) is 2.10. The van der Waals surface area contributed by atoms with Crippen molar-refractivity contribution in [2.75, 3.05) is 13.1 Å². The molecule has 0 N–H and O–H groups in total. The van der Waals surface area contributed by atoms with E-state index < -0.39 is 0 Å². The molecule has 1 nitrogen and oxygen atoms in total. The van der Waals surface area contributed by atoms with Crippen molar-refractivity contribution in [3.63, 3.8) is 0 Å². The Morgan fingerprint density at radius 1 is 1.36 bits per heavy atom. The molecule has 1 atom stereocenters. The molecule has 14 heavy (non-hydrogen) atoms. The monoisotopic (exact) mass is 195 g/mol. The van der Waals surface area contributed by atoms with Crippen molar-refractivity contribution in [2.45, 2.75) is 46.6 Å². The highest BCUT2D eigenvalue weighted by Crippen LogP contribution is 2.26. The van der Waals surface area contributed by atoms with Crippen molar-refractivity contribution in [1.29, 1.82) is 0 Å². The molecule has 0 aromatic rings. The Morgan fingerprint density at radius 2 is 2.00 bits per heavy atom. The van der Waals surface area contributed by atoms with E-state index in [4.69, 9.17) is 0 Å². The minimum Gasteiger partial charge on any atom is -0.301 e. The van der Waals surface area contributed by atoms with E-state index in [0.717, 1.165) is 5.92 Å². The van der Waals surface area contributed by atoms with Crippen LogP contribution < -0.4 is 0 Å². The lowest BCUT2D eigenvalue weighted by Crippen LogP contribution is -2.28. The predicted octanol–water partition coefficient (Wildman–Crippen LogP) is 3.32. The maximum atomic E-state index is 4.17. The molecule has 1 saturated heterocycles. The molecule has 1 heteroatoms. The van der Waals surface area contributed by atoms with Gasteiger partial charge < -0.3 is 4.90 Å². The molecular weight excluding hydrogens is 170 g/mol. The van der Waals surface area contributed by atoms with Gasteiger partial charge in [-0.15, -0.1) is 0 Å². The van der Waals surface area contributed by atoms with Crippen molar-refractivity contribution in [3.05, 3.63) is 12.2 Å². The van der Waals surface area contributed by atoms with Gasteiger partial charge in [0.15, 0.2) is 0 Å². The van der Waals surface area contributed by atoms with Crippen molar-refractivity contribution >= 4 is 0 Å².